The molecule has 1 aliphatic heterocycles. The van der Waals surface area contributed by atoms with E-state index in [1.807, 2.05) is 30.3 Å². The smallest absolute Gasteiger partial charge is 0.258 e. The van der Waals surface area contributed by atoms with Gasteiger partial charge in [0.1, 0.15) is 0 Å². The van der Waals surface area contributed by atoms with Gasteiger partial charge in [0.2, 0.25) is 5.82 Å². The van der Waals surface area contributed by atoms with Crippen molar-refractivity contribution in [3.05, 3.63) is 53.6 Å². The van der Waals surface area contributed by atoms with E-state index in [4.69, 9.17) is 10.3 Å². The molecule has 0 unspecified atom stereocenters. The molecule has 2 heterocycles. The van der Waals surface area contributed by atoms with Gasteiger partial charge < -0.3 is 25.4 Å². The van der Waals surface area contributed by atoms with Crippen molar-refractivity contribution in [3.8, 4) is 22.8 Å². The number of anilines is 1. The number of hydrogen-bond donors (Lipinski definition) is 3. The Morgan fingerprint density at radius 1 is 1.13 bits per heavy atom. The van der Waals surface area contributed by atoms with Gasteiger partial charge in [-0.3, -0.25) is 0 Å². The summed E-state index contributed by atoms with van der Waals surface area (Å²) >= 11 is 0. The highest BCUT2D eigenvalue weighted by atomic mass is 16.5. The van der Waals surface area contributed by atoms with Crippen molar-refractivity contribution in [1.82, 2.24) is 10.1 Å². The molecule has 2 aromatic carbocycles. The van der Waals surface area contributed by atoms with Crippen LogP contribution in [0.2, 0.25) is 0 Å². The third kappa shape index (κ3) is 3.96. The standard InChI is InChI=1S/C23H28N4O3/c1-2-4-16-7-9-17(10-8-16)22-25-21(26-30-22)19-5-3-6-20-18(19)11-12-27(20)13-23(24,14-28)15-29/h3,5-10,28-29H,2,4,11-15,24H2,1H3. The van der Waals surface area contributed by atoms with Crippen molar-refractivity contribution >= 4 is 5.69 Å². The summed E-state index contributed by atoms with van der Waals surface area (Å²) in [7, 11) is 0. The highest BCUT2D eigenvalue weighted by Gasteiger charge is 2.31. The van der Waals surface area contributed by atoms with E-state index in [-0.39, 0.29) is 13.2 Å². The number of rotatable bonds is 8. The number of fused-ring (bicyclic) bond motifs is 1. The van der Waals surface area contributed by atoms with Gasteiger partial charge in [-0.05, 0) is 42.2 Å². The summed E-state index contributed by atoms with van der Waals surface area (Å²) in [6.07, 6.45) is 2.98. The zero-order valence-corrected chi connectivity index (χ0v) is 17.2. The van der Waals surface area contributed by atoms with Gasteiger partial charge in [-0.1, -0.05) is 42.8 Å². The molecule has 1 aromatic heterocycles. The SMILES string of the molecule is CCCc1ccc(-c2nc(-c3cccc4c3CCN4CC(N)(CO)CO)no2)cc1. The first-order valence-corrected chi connectivity index (χ1v) is 10.4. The van der Waals surface area contributed by atoms with Crippen LogP contribution in [-0.2, 0) is 12.8 Å². The zero-order valence-electron chi connectivity index (χ0n) is 17.2. The van der Waals surface area contributed by atoms with E-state index in [9.17, 15) is 10.2 Å². The minimum Gasteiger partial charge on any atom is -0.394 e. The van der Waals surface area contributed by atoms with Crippen LogP contribution in [0.5, 0.6) is 0 Å². The van der Waals surface area contributed by atoms with Gasteiger partial charge in [0.25, 0.3) is 5.89 Å². The van der Waals surface area contributed by atoms with Gasteiger partial charge in [-0.15, -0.1) is 0 Å². The van der Waals surface area contributed by atoms with Crippen LogP contribution in [0.25, 0.3) is 22.8 Å². The second-order valence-corrected chi connectivity index (χ2v) is 8.02. The third-order valence-corrected chi connectivity index (χ3v) is 5.67. The van der Waals surface area contributed by atoms with E-state index in [0.717, 1.165) is 48.2 Å². The van der Waals surface area contributed by atoms with Gasteiger partial charge in [-0.2, -0.15) is 4.98 Å². The highest BCUT2D eigenvalue weighted by molar-refractivity contribution is 5.73. The van der Waals surface area contributed by atoms with Crippen LogP contribution < -0.4 is 10.6 Å². The van der Waals surface area contributed by atoms with Crippen LogP contribution >= 0.6 is 0 Å². The second-order valence-electron chi connectivity index (χ2n) is 8.02. The molecule has 30 heavy (non-hydrogen) atoms. The van der Waals surface area contributed by atoms with Gasteiger partial charge >= 0.3 is 0 Å². The maximum absolute atomic E-state index is 9.54. The Morgan fingerprint density at radius 2 is 1.90 bits per heavy atom. The summed E-state index contributed by atoms with van der Waals surface area (Å²) < 4.78 is 5.55. The minimum atomic E-state index is -1.04. The van der Waals surface area contributed by atoms with Crippen molar-refractivity contribution in [3.63, 3.8) is 0 Å². The number of aliphatic hydroxyl groups is 2. The van der Waals surface area contributed by atoms with Gasteiger partial charge in [-0.25, -0.2) is 0 Å². The molecule has 7 heteroatoms. The lowest BCUT2D eigenvalue weighted by atomic mass is 10.0. The molecule has 0 saturated carbocycles. The first-order chi connectivity index (χ1) is 14.6. The lowest BCUT2D eigenvalue weighted by molar-refractivity contribution is 0.125. The molecule has 0 amide bonds. The number of aromatic nitrogens is 2. The summed E-state index contributed by atoms with van der Waals surface area (Å²) in [6, 6.07) is 14.2. The van der Waals surface area contributed by atoms with E-state index in [2.05, 4.69) is 34.1 Å². The second kappa shape index (κ2) is 8.55. The van der Waals surface area contributed by atoms with Crippen LogP contribution in [0.1, 0.15) is 24.5 Å². The summed E-state index contributed by atoms with van der Waals surface area (Å²) in [6.45, 7) is 2.74. The van der Waals surface area contributed by atoms with E-state index in [1.165, 1.54) is 5.56 Å². The summed E-state index contributed by atoms with van der Waals surface area (Å²) in [4.78, 5) is 6.73. The molecule has 0 radical (unpaired) electrons. The molecule has 158 valence electrons. The quantitative estimate of drug-likeness (QED) is 0.525. The molecule has 0 spiro atoms. The monoisotopic (exact) mass is 408 g/mol. The summed E-state index contributed by atoms with van der Waals surface area (Å²) in [5, 5.41) is 23.3. The van der Waals surface area contributed by atoms with Crippen LogP contribution in [0.15, 0.2) is 47.0 Å². The van der Waals surface area contributed by atoms with Gasteiger partial charge in [0, 0.05) is 29.9 Å². The fourth-order valence-corrected chi connectivity index (χ4v) is 3.96. The van der Waals surface area contributed by atoms with Crippen molar-refractivity contribution in [2.24, 2.45) is 5.73 Å². The Labute approximate surface area is 176 Å². The van der Waals surface area contributed by atoms with Gasteiger partial charge in [0.15, 0.2) is 0 Å². The minimum absolute atomic E-state index is 0.278. The molecule has 0 saturated heterocycles. The summed E-state index contributed by atoms with van der Waals surface area (Å²) in [5.74, 6) is 1.06. The number of nitrogens with zero attached hydrogens (tertiary/aromatic N) is 3. The molecule has 0 bridgehead atoms. The largest absolute Gasteiger partial charge is 0.394 e. The molecule has 7 nitrogen and oxygen atoms in total. The predicted octanol–water partition coefficient (Wildman–Crippen LogP) is 2.40. The van der Waals surface area contributed by atoms with E-state index in [1.54, 1.807) is 0 Å². The Kier molecular flexibility index (Phi) is 5.85. The maximum Gasteiger partial charge on any atom is 0.258 e. The average Bonchev–Trinajstić information content (AvgIpc) is 3.42. The van der Waals surface area contributed by atoms with Crippen molar-refractivity contribution in [2.45, 2.75) is 31.7 Å². The molecule has 3 aromatic rings. The molecule has 0 fully saturated rings. The summed E-state index contributed by atoms with van der Waals surface area (Å²) in [5.41, 5.74) is 10.3. The number of hydrogen-bond acceptors (Lipinski definition) is 7. The molecule has 0 atom stereocenters. The van der Waals surface area contributed by atoms with E-state index < -0.39 is 5.54 Å². The Balaban J connectivity index is 1.59. The van der Waals surface area contributed by atoms with Crippen molar-refractivity contribution in [2.75, 3.05) is 31.2 Å². The first kappa shape index (κ1) is 20.5. The van der Waals surface area contributed by atoms with Crippen molar-refractivity contribution in [1.29, 1.82) is 0 Å². The van der Waals surface area contributed by atoms with Crippen LogP contribution in [-0.4, -0.2) is 52.2 Å². The van der Waals surface area contributed by atoms with Gasteiger partial charge in [0.05, 0.1) is 18.8 Å². The fraction of sp³-hybridized carbons (Fsp3) is 0.391. The molecule has 1 aliphatic rings. The van der Waals surface area contributed by atoms with E-state index in [0.29, 0.717) is 18.3 Å². The maximum atomic E-state index is 9.54. The lowest BCUT2D eigenvalue weighted by Gasteiger charge is -2.31. The number of benzene rings is 2. The van der Waals surface area contributed by atoms with Crippen LogP contribution in [0.4, 0.5) is 5.69 Å². The van der Waals surface area contributed by atoms with Crippen LogP contribution in [0, 0.1) is 0 Å². The molecule has 4 N–H and O–H groups in total. The molecular weight excluding hydrogens is 380 g/mol. The third-order valence-electron chi connectivity index (χ3n) is 5.67. The number of nitrogens with two attached hydrogens (primary N) is 1. The lowest BCUT2D eigenvalue weighted by Crippen LogP contribution is -2.55. The Morgan fingerprint density at radius 3 is 2.60 bits per heavy atom. The predicted molar refractivity (Wildman–Crippen MR) is 116 cm³/mol. The van der Waals surface area contributed by atoms with E-state index >= 15 is 0 Å². The normalized spacial score (nSPS) is 13.7. The Bertz CT molecular complexity index is 996. The average molecular weight is 409 g/mol. The van der Waals surface area contributed by atoms with Crippen molar-refractivity contribution < 1.29 is 14.7 Å². The first-order valence-electron chi connectivity index (χ1n) is 10.4. The zero-order chi connectivity index (χ0) is 21.1. The molecule has 4 rings (SSSR count). The fourth-order valence-electron chi connectivity index (χ4n) is 3.96. The Hall–Kier alpha value is -2.74. The number of aryl methyl sites for hydroxylation is 1. The van der Waals surface area contributed by atoms with Crippen LogP contribution in [0.3, 0.4) is 0 Å². The topological polar surface area (TPSA) is 109 Å². The number of aliphatic hydroxyl groups excluding tert-OH is 2. The molecular formula is C23H28N4O3. The molecule has 0 aliphatic carbocycles. The highest BCUT2D eigenvalue weighted by Crippen LogP contribution is 2.36.